The first-order valence-corrected chi connectivity index (χ1v) is 3.52. The molecule has 0 aliphatic rings. The van der Waals surface area contributed by atoms with Gasteiger partial charge in [-0.3, -0.25) is 4.98 Å². The molecule has 1 aromatic rings. The van der Waals surface area contributed by atoms with Crippen molar-refractivity contribution in [1.82, 2.24) is 4.98 Å². The van der Waals surface area contributed by atoms with E-state index in [2.05, 4.69) is 26.1 Å². The molecule has 10 heavy (non-hydrogen) atoms. The predicted octanol–water partition coefficient (Wildman–Crippen LogP) is 2.11. The van der Waals surface area contributed by atoms with Gasteiger partial charge < -0.3 is 0 Å². The van der Waals surface area contributed by atoms with Gasteiger partial charge in [0.2, 0.25) is 0 Å². The lowest BCUT2D eigenvalue weighted by Gasteiger charge is -1.94. The average Bonchev–Trinajstić information content (AvgIpc) is 1.94. The van der Waals surface area contributed by atoms with Crippen LogP contribution in [-0.2, 0) is 6.54 Å². The van der Waals surface area contributed by atoms with Crippen LogP contribution in [0.5, 0.6) is 0 Å². The molecule has 0 spiro atoms. The normalized spacial score (nSPS) is 9.30. The SMILES string of the molecule is O=NCc1ncccc1Br. The van der Waals surface area contributed by atoms with Crippen molar-refractivity contribution in [2.45, 2.75) is 6.54 Å². The summed E-state index contributed by atoms with van der Waals surface area (Å²) in [4.78, 5) is 13.7. The minimum absolute atomic E-state index is 0.126. The lowest BCUT2D eigenvalue weighted by molar-refractivity contribution is 0.970. The lowest BCUT2D eigenvalue weighted by atomic mass is 10.4. The van der Waals surface area contributed by atoms with Gasteiger partial charge in [0.25, 0.3) is 0 Å². The second kappa shape index (κ2) is 3.41. The fraction of sp³-hybridized carbons (Fsp3) is 0.167. The summed E-state index contributed by atoms with van der Waals surface area (Å²) in [5, 5.41) is 2.72. The van der Waals surface area contributed by atoms with E-state index >= 15 is 0 Å². The first-order chi connectivity index (χ1) is 4.84. The third-order valence-corrected chi connectivity index (χ3v) is 1.77. The number of hydrogen-bond acceptors (Lipinski definition) is 3. The van der Waals surface area contributed by atoms with Gasteiger partial charge in [-0.2, -0.15) is 4.91 Å². The van der Waals surface area contributed by atoms with Crippen molar-refractivity contribution in [3.8, 4) is 0 Å². The molecular weight excluding hydrogens is 196 g/mol. The average molecular weight is 201 g/mol. The zero-order valence-corrected chi connectivity index (χ0v) is 6.71. The van der Waals surface area contributed by atoms with Gasteiger partial charge in [0.15, 0.2) is 0 Å². The Bertz CT molecular complexity index is 239. The standard InChI is InChI=1S/C6H5BrN2O/c7-5-2-1-3-8-6(5)4-9-10/h1-3H,4H2. The van der Waals surface area contributed by atoms with Crippen molar-refractivity contribution in [2.24, 2.45) is 5.18 Å². The van der Waals surface area contributed by atoms with E-state index in [1.165, 1.54) is 0 Å². The largest absolute Gasteiger partial charge is 0.258 e. The molecule has 0 radical (unpaired) electrons. The molecule has 4 heteroatoms. The number of rotatable bonds is 2. The van der Waals surface area contributed by atoms with Gasteiger partial charge in [0, 0.05) is 10.7 Å². The Hall–Kier alpha value is -0.770. The quantitative estimate of drug-likeness (QED) is 0.687. The minimum atomic E-state index is 0.126. The molecule has 0 bridgehead atoms. The van der Waals surface area contributed by atoms with E-state index in [0.717, 1.165) is 4.47 Å². The molecule has 0 aromatic carbocycles. The maximum atomic E-state index is 9.82. The van der Waals surface area contributed by atoms with Crippen LogP contribution in [-0.4, -0.2) is 4.98 Å². The van der Waals surface area contributed by atoms with Crippen LogP contribution in [0.1, 0.15) is 5.69 Å². The Morgan fingerprint density at radius 2 is 2.50 bits per heavy atom. The Balaban J connectivity index is 2.91. The third-order valence-electron chi connectivity index (χ3n) is 1.05. The van der Waals surface area contributed by atoms with Crippen LogP contribution in [0.25, 0.3) is 0 Å². The van der Waals surface area contributed by atoms with Crippen LogP contribution >= 0.6 is 15.9 Å². The van der Waals surface area contributed by atoms with Gasteiger partial charge in [-0.1, -0.05) is 5.18 Å². The molecule has 0 amide bonds. The van der Waals surface area contributed by atoms with Crippen molar-refractivity contribution < 1.29 is 0 Å². The maximum absolute atomic E-state index is 9.82. The van der Waals surface area contributed by atoms with E-state index in [1.807, 2.05) is 6.07 Å². The van der Waals surface area contributed by atoms with Gasteiger partial charge in [-0.05, 0) is 28.1 Å². The highest BCUT2D eigenvalue weighted by molar-refractivity contribution is 9.10. The Morgan fingerprint density at radius 1 is 1.70 bits per heavy atom. The third kappa shape index (κ3) is 1.60. The van der Waals surface area contributed by atoms with Crippen molar-refractivity contribution in [3.05, 3.63) is 33.4 Å². The molecule has 0 N–H and O–H groups in total. The molecule has 0 aliphatic heterocycles. The van der Waals surface area contributed by atoms with Crippen LogP contribution < -0.4 is 0 Å². The van der Waals surface area contributed by atoms with Crippen LogP contribution in [0, 0.1) is 4.91 Å². The van der Waals surface area contributed by atoms with E-state index in [1.54, 1.807) is 12.3 Å². The van der Waals surface area contributed by atoms with E-state index in [9.17, 15) is 4.91 Å². The molecule has 0 atom stereocenters. The fourth-order valence-corrected chi connectivity index (χ4v) is 0.976. The molecular formula is C6H5BrN2O. The first-order valence-electron chi connectivity index (χ1n) is 2.73. The van der Waals surface area contributed by atoms with E-state index in [0.29, 0.717) is 5.69 Å². The molecule has 1 rings (SSSR count). The molecule has 0 saturated heterocycles. The van der Waals surface area contributed by atoms with E-state index in [4.69, 9.17) is 0 Å². The van der Waals surface area contributed by atoms with E-state index in [-0.39, 0.29) is 6.54 Å². The van der Waals surface area contributed by atoms with Gasteiger partial charge in [0.1, 0.15) is 6.54 Å². The van der Waals surface area contributed by atoms with Crippen molar-refractivity contribution in [1.29, 1.82) is 0 Å². The molecule has 0 fully saturated rings. The van der Waals surface area contributed by atoms with Crippen LogP contribution in [0.4, 0.5) is 0 Å². The number of hydrogen-bond donors (Lipinski definition) is 0. The highest BCUT2D eigenvalue weighted by atomic mass is 79.9. The van der Waals surface area contributed by atoms with Gasteiger partial charge >= 0.3 is 0 Å². The molecule has 0 saturated carbocycles. The summed E-state index contributed by atoms with van der Waals surface area (Å²) < 4.78 is 0.828. The zero-order chi connectivity index (χ0) is 7.40. The summed E-state index contributed by atoms with van der Waals surface area (Å²) in [6.07, 6.45) is 1.63. The molecule has 1 aromatic heterocycles. The summed E-state index contributed by atoms with van der Waals surface area (Å²) in [5.74, 6) is 0. The summed E-state index contributed by atoms with van der Waals surface area (Å²) in [5.41, 5.74) is 0.678. The van der Waals surface area contributed by atoms with Gasteiger partial charge in [0.05, 0.1) is 5.69 Å². The first kappa shape index (κ1) is 7.34. The van der Waals surface area contributed by atoms with Crippen LogP contribution in [0.15, 0.2) is 28.0 Å². The molecule has 1 heterocycles. The molecule has 0 unspecified atom stereocenters. The topological polar surface area (TPSA) is 42.3 Å². The van der Waals surface area contributed by atoms with Crippen molar-refractivity contribution in [2.75, 3.05) is 0 Å². The Labute approximate surface area is 66.6 Å². The summed E-state index contributed by atoms with van der Waals surface area (Å²) >= 11 is 3.24. The molecule has 52 valence electrons. The fourth-order valence-electron chi connectivity index (χ4n) is 0.596. The summed E-state index contributed by atoms with van der Waals surface area (Å²) in [7, 11) is 0. The summed E-state index contributed by atoms with van der Waals surface area (Å²) in [6, 6.07) is 3.62. The zero-order valence-electron chi connectivity index (χ0n) is 5.12. The number of nitrogens with zero attached hydrogens (tertiary/aromatic N) is 2. The summed E-state index contributed by atoms with van der Waals surface area (Å²) in [6.45, 7) is 0.126. The minimum Gasteiger partial charge on any atom is -0.258 e. The second-order valence-electron chi connectivity index (χ2n) is 1.72. The molecule has 0 aliphatic carbocycles. The highest BCUT2D eigenvalue weighted by Gasteiger charge is 1.97. The maximum Gasteiger partial charge on any atom is 0.124 e. The second-order valence-corrected chi connectivity index (χ2v) is 2.57. The van der Waals surface area contributed by atoms with Crippen LogP contribution in [0.3, 0.4) is 0 Å². The lowest BCUT2D eigenvalue weighted by Crippen LogP contribution is -1.86. The van der Waals surface area contributed by atoms with Gasteiger partial charge in [-0.25, -0.2) is 0 Å². The number of pyridine rings is 1. The predicted molar refractivity (Wildman–Crippen MR) is 41.4 cm³/mol. The van der Waals surface area contributed by atoms with Crippen molar-refractivity contribution in [3.63, 3.8) is 0 Å². The smallest absolute Gasteiger partial charge is 0.124 e. The highest BCUT2D eigenvalue weighted by Crippen LogP contribution is 2.13. The Morgan fingerprint density at radius 3 is 3.10 bits per heavy atom. The number of aromatic nitrogens is 1. The number of nitroso groups, excluding NO2 is 1. The van der Waals surface area contributed by atoms with Crippen molar-refractivity contribution >= 4 is 15.9 Å². The van der Waals surface area contributed by atoms with Crippen LogP contribution in [0.2, 0.25) is 0 Å². The van der Waals surface area contributed by atoms with Gasteiger partial charge in [-0.15, -0.1) is 0 Å². The molecule has 3 nitrogen and oxygen atoms in total. The number of halogens is 1. The Kier molecular flexibility index (Phi) is 2.50. The monoisotopic (exact) mass is 200 g/mol. The van der Waals surface area contributed by atoms with E-state index < -0.39 is 0 Å².